The summed E-state index contributed by atoms with van der Waals surface area (Å²) < 4.78 is 9.52. The molecule has 1 aliphatic rings. The van der Waals surface area contributed by atoms with Crippen LogP contribution >= 0.6 is 0 Å². The minimum atomic E-state index is -0.121. The fourth-order valence-corrected chi connectivity index (χ4v) is 9.39. The molecule has 0 spiro atoms. The molecule has 5 heteroatoms. The van der Waals surface area contributed by atoms with E-state index in [2.05, 4.69) is 140 Å². The Morgan fingerprint density at radius 2 is 0.949 bits per heavy atom. The van der Waals surface area contributed by atoms with Crippen molar-refractivity contribution in [2.75, 3.05) is 0 Å². The molecule has 0 aliphatic heterocycles. The Labute approximate surface area is 340 Å². The summed E-state index contributed by atoms with van der Waals surface area (Å²) in [4.78, 5) is 14.9. The Bertz CT molecular complexity index is 3410. The number of aromatic nitrogens is 4. The average Bonchev–Trinajstić information content (AvgIpc) is 3.91. The number of benzene rings is 8. The normalized spacial score (nSPS) is 13.1. The lowest BCUT2D eigenvalue weighted by molar-refractivity contribution is 0.660. The van der Waals surface area contributed by atoms with Gasteiger partial charge in [0, 0.05) is 49.2 Å². The maximum Gasteiger partial charge on any atom is 0.164 e. The van der Waals surface area contributed by atoms with Gasteiger partial charge >= 0.3 is 0 Å². The molecule has 0 unspecified atom stereocenters. The van der Waals surface area contributed by atoms with Crippen LogP contribution in [0.15, 0.2) is 186 Å². The van der Waals surface area contributed by atoms with Gasteiger partial charge in [-0.1, -0.05) is 166 Å². The second-order valence-corrected chi connectivity index (χ2v) is 16.0. The minimum absolute atomic E-state index is 0.121. The quantitative estimate of drug-likeness (QED) is 0.175. The molecule has 11 aromatic rings. The van der Waals surface area contributed by atoms with Crippen molar-refractivity contribution in [3.8, 4) is 62.1 Å². The van der Waals surface area contributed by atoms with E-state index in [1.54, 1.807) is 0 Å². The van der Waals surface area contributed by atoms with Gasteiger partial charge in [-0.2, -0.15) is 0 Å². The molecule has 0 fully saturated rings. The van der Waals surface area contributed by atoms with E-state index in [1.165, 1.54) is 38.5 Å². The molecular formula is C54H36N4O. The molecule has 0 atom stereocenters. The molecule has 1 aliphatic carbocycles. The average molecular weight is 757 g/mol. The first-order valence-electron chi connectivity index (χ1n) is 20.1. The van der Waals surface area contributed by atoms with Crippen molar-refractivity contribution in [3.05, 3.63) is 193 Å². The van der Waals surface area contributed by atoms with Crippen molar-refractivity contribution < 1.29 is 4.42 Å². The molecule has 0 N–H and O–H groups in total. The third-order valence-electron chi connectivity index (χ3n) is 12.3. The Hall–Kier alpha value is -7.63. The van der Waals surface area contributed by atoms with E-state index in [-0.39, 0.29) is 5.41 Å². The Morgan fingerprint density at radius 1 is 0.390 bits per heavy atom. The standard InChI is InChI=1S/C54H36N4O/c1-54(2)44-27-11-9-22-38(44)42-31-43-39-23-10-12-28-46(39)58(48(43)32-45(42)54)47-29-15-26-41-40-25-14-24-37(49(40)59-50(41)47)35-20-13-21-36(30-35)53-56-51(33-16-5-3-6-17-33)55-52(57-53)34-18-7-4-8-19-34/h3-32H,1-2H3. The highest BCUT2D eigenvalue weighted by molar-refractivity contribution is 6.15. The van der Waals surface area contributed by atoms with Crippen molar-refractivity contribution in [2.24, 2.45) is 0 Å². The summed E-state index contributed by atoms with van der Waals surface area (Å²) in [6.07, 6.45) is 0. The lowest BCUT2D eigenvalue weighted by Gasteiger charge is -2.21. The highest BCUT2D eigenvalue weighted by Gasteiger charge is 2.36. The van der Waals surface area contributed by atoms with E-state index in [0.717, 1.165) is 61.0 Å². The van der Waals surface area contributed by atoms with E-state index in [1.807, 2.05) is 60.7 Å². The minimum Gasteiger partial charge on any atom is -0.453 e. The molecule has 8 aromatic carbocycles. The van der Waals surface area contributed by atoms with E-state index >= 15 is 0 Å². The maximum absolute atomic E-state index is 7.11. The van der Waals surface area contributed by atoms with Crippen molar-refractivity contribution in [3.63, 3.8) is 0 Å². The third-order valence-corrected chi connectivity index (χ3v) is 12.3. The molecule has 5 nitrogen and oxygen atoms in total. The smallest absolute Gasteiger partial charge is 0.164 e. The van der Waals surface area contributed by atoms with E-state index in [4.69, 9.17) is 19.4 Å². The zero-order valence-electron chi connectivity index (χ0n) is 32.5. The highest BCUT2D eigenvalue weighted by atomic mass is 16.3. The summed E-state index contributed by atoms with van der Waals surface area (Å²) in [5.41, 5.74) is 15.1. The van der Waals surface area contributed by atoms with Gasteiger partial charge in [-0.05, 0) is 58.1 Å². The van der Waals surface area contributed by atoms with Gasteiger partial charge in [0.2, 0.25) is 0 Å². The van der Waals surface area contributed by atoms with Crippen LogP contribution in [0.1, 0.15) is 25.0 Å². The van der Waals surface area contributed by atoms with Gasteiger partial charge in [-0.3, -0.25) is 0 Å². The molecule has 59 heavy (non-hydrogen) atoms. The Balaban J connectivity index is 1.04. The van der Waals surface area contributed by atoms with Gasteiger partial charge < -0.3 is 8.98 Å². The van der Waals surface area contributed by atoms with Crippen LogP contribution < -0.4 is 0 Å². The van der Waals surface area contributed by atoms with Crippen molar-refractivity contribution in [1.82, 2.24) is 19.5 Å². The lowest BCUT2D eigenvalue weighted by atomic mass is 9.82. The molecule has 0 bridgehead atoms. The molecule has 3 heterocycles. The molecule has 0 saturated heterocycles. The largest absolute Gasteiger partial charge is 0.453 e. The van der Waals surface area contributed by atoms with E-state index < -0.39 is 0 Å². The van der Waals surface area contributed by atoms with Crippen LogP contribution in [0, 0.1) is 0 Å². The van der Waals surface area contributed by atoms with Crippen molar-refractivity contribution in [2.45, 2.75) is 19.3 Å². The predicted molar refractivity (Wildman–Crippen MR) is 241 cm³/mol. The molecule has 278 valence electrons. The van der Waals surface area contributed by atoms with Crippen LogP contribution in [0.25, 0.3) is 106 Å². The van der Waals surface area contributed by atoms with Crippen LogP contribution in [0.4, 0.5) is 0 Å². The van der Waals surface area contributed by atoms with E-state index in [9.17, 15) is 0 Å². The SMILES string of the molecule is CC1(C)c2ccccc2-c2cc3c4ccccc4n(-c4cccc5c4oc4c(-c6cccc(-c7nc(-c8ccccc8)nc(-c8ccccc8)n7)c6)cccc45)c3cc21. The number of para-hydroxylation sites is 3. The second-order valence-electron chi connectivity index (χ2n) is 16.0. The second kappa shape index (κ2) is 12.7. The van der Waals surface area contributed by atoms with Gasteiger partial charge in [0.15, 0.2) is 23.1 Å². The monoisotopic (exact) mass is 756 g/mol. The predicted octanol–water partition coefficient (Wildman–Crippen LogP) is 13.8. The molecule has 0 saturated carbocycles. The first-order valence-corrected chi connectivity index (χ1v) is 20.1. The summed E-state index contributed by atoms with van der Waals surface area (Å²) >= 11 is 0. The number of hydrogen-bond acceptors (Lipinski definition) is 4. The first kappa shape index (κ1) is 33.5. The zero-order chi connectivity index (χ0) is 39.2. The fourth-order valence-electron chi connectivity index (χ4n) is 9.39. The first-order chi connectivity index (χ1) is 29.0. The third kappa shape index (κ3) is 5.08. The summed E-state index contributed by atoms with van der Waals surface area (Å²) in [5, 5.41) is 4.61. The van der Waals surface area contributed by atoms with Crippen LogP contribution in [0.3, 0.4) is 0 Å². The van der Waals surface area contributed by atoms with Crippen LogP contribution in [0.2, 0.25) is 0 Å². The number of fused-ring (bicyclic) bond motifs is 9. The summed E-state index contributed by atoms with van der Waals surface area (Å²) in [6, 6.07) is 64.0. The van der Waals surface area contributed by atoms with Gasteiger partial charge in [-0.25, -0.2) is 15.0 Å². The Kier molecular flexibility index (Phi) is 7.20. The number of hydrogen-bond donors (Lipinski definition) is 0. The van der Waals surface area contributed by atoms with Crippen LogP contribution in [0.5, 0.6) is 0 Å². The van der Waals surface area contributed by atoms with Gasteiger partial charge in [0.25, 0.3) is 0 Å². The molecular weight excluding hydrogens is 721 g/mol. The molecule has 3 aromatic heterocycles. The van der Waals surface area contributed by atoms with Gasteiger partial charge in [-0.15, -0.1) is 0 Å². The number of furan rings is 1. The number of rotatable bonds is 5. The Morgan fingerprint density at radius 3 is 1.71 bits per heavy atom. The fraction of sp³-hybridized carbons (Fsp3) is 0.0556. The van der Waals surface area contributed by atoms with Crippen molar-refractivity contribution >= 4 is 43.7 Å². The number of nitrogens with zero attached hydrogens (tertiary/aromatic N) is 4. The summed E-state index contributed by atoms with van der Waals surface area (Å²) in [6.45, 7) is 4.69. The maximum atomic E-state index is 7.11. The lowest BCUT2D eigenvalue weighted by Crippen LogP contribution is -2.14. The van der Waals surface area contributed by atoms with E-state index in [0.29, 0.717) is 17.5 Å². The summed E-state index contributed by atoms with van der Waals surface area (Å²) in [7, 11) is 0. The van der Waals surface area contributed by atoms with Gasteiger partial charge in [0.1, 0.15) is 5.58 Å². The zero-order valence-corrected chi connectivity index (χ0v) is 32.5. The topological polar surface area (TPSA) is 56.7 Å². The van der Waals surface area contributed by atoms with Gasteiger partial charge in [0.05, 0.1) is 16.7 Å². The molecule has 0 radical (unpaired) electrons. The molecule has 0 amide bonds. The van der Waals surface area contributed by atoms with Crippen LogP contribution in [-0.4, -0.2) is 19.5 Å². The summed E-state index contributed by atoms with van der Waals surface area (Å²) in [5.74, 6) is 1.88. The van der Waals surface area contributed by atoms with Crippen molar-refractivity contribution in [1.29, 1.82) is 0 Å². The van der Waals surface area contributed by atoms with Crippen LogP contribution in [-0.2, 0) is 5.41 Å². The highest BCUT2D eigenvalue weighted by Crippen LogP contribution is 2.51. The molecule has 12 rings (SSSR count).